The largest absolute Gasteiger partial charge is 0.694 e. The zero-order valence-electron chi connectivity index (χ0n) is 7.08. The van der Waals surface area contributed by atoms with E-state index in [1.807, 2.05) is 0 Å². The van der Waals surface area contributed by atoms with Gasteiger partial charge in [-0.05, 0) is 6.92 Å². The molecule has 0 aliphatic carbocycles. The summed E-state index contributed by atoms with van der Waals surface area (Å²) >= 11 is 0. The average Bonchev–Trinajstić information content (AvgIpc) is 2.03. The molecule has 0 aromatic heterocycles. The van der Waals surface area contributed by atoms with E-state index >= 15 is 0 Å². The van der Waals surface area contributed by atoms with Gasteiger partial charge in [0.1, 0.15) is 12.6 Å². The highest BCUT2D eigenvalue weighted by Gasteiger charge is 2.07. The molecule has 0 heterocycles. The van der Waals surface area contributed by atoms with Gasteiger partial charge in [-0.15, -0.1) is 9.42 Å². The summed E-state index contributed by atoms with van der Waals surface area (Å²) in [4.78, 5) is 17.5. The SMILES string of the molecule is CCO[P+](=O)O.NC(CO)C(=O)O. The molecule has 0 fully saturated rings. The van der Waals surface area contributed by atoms with Gasteiger partial charge >= 0.3 is 14.2 Å². The van der Waals surface area contributed by atoms with E-state index in [9.17, 15) is 9.36 Å². The van der Waals surface area contributed by atoms with E-state index in [0.717, 1.165) is 0 Å². The van der Waals surface area contributed by atoms with Crippen LogP contribution in [0.15, 0.2) is 0 Å². The second kappa shape index (κ2) is 9.50. The van der Waals surface area contributed by atoms with Gasteiger partial charge in [-0.25, -0.2) is 0 Å². The Morgan fingerprint density at radius 2 is 2.15 bits per heavy atom. The lowest BCUT2D eigenvalue weighted by atomic mass is 10.3. The van der Waals surface area contributed by atoms with Crippen LogP contribution < -0.4 is 5.73 Å². The maximum atomic E-state index is 9.65. The number of carbonyl (C=O) groups is 1. The standard InChI is InChI=1S/C3H7NO3.C2H5O3P/c4-2(1-5)3(6)7;1-2-5-6(3)4/h2,5H,1,4H2,(H,6,7);2H2,1H3/p+1. The van der Waals surface area contributed by atoms with Gasteiger partial charge in [0.2, 0.25) is 0 Å². The van der Waals surface area contributed by atoms with Gasteiger partial charge in [0.05, 0.1) is 6.61 Å². The van der Waals surface area contributed by atoms with Crippen molar-refractivity contribution in [3.63, 3.8) is 0 Å². The molecule has 78 valence electrons. The third kappa shape index (κ3) is 14.3. The average molecular weight is 214 g/mol. The van der Waals surface area contributed by atoms with Crippen molar-refractivity contribution in [2.75, 3.05) is 13.2 Å². The number of hydrogen-bond acceptors (Lipinski definition) is 5. The molecule has 0 bridgehead atoms. The number of hydrogen-bond donors (Lipinski definition) is 4. The van der Waals surface area contributed by atoms with Gasteiger partial charge in [0, 0.05) is 4.57 Å². The molecule has 0 aromatic rings. The molecule has 0 spiro atoms. The maximum absolute atomic E-state index is 9.65. The summed E-state index contributed by atoms with van der Waals surface area (Å²) in [5.41, 5.74) is 4.77. The lowest BCUT2D eigenvalue weighted by Gasteiger charge is -1.96. The first-order valence-electron chi connectivity index (χ1n) is 3.34. The monoisotopic (exact) mass is 214 g/mol. The van der Waals surface area contributed by atoms with E-state index < -0.39 is 26.9 Å². The quantitative estimate of drug-likeness (QED) is 0.444. The molecule has 0 radical (unpaired) electrons. The van der Waals surface area contributed by atoms with Crippen LogP contribution in [0.2, 0.25) is 0 Å². The van der Waals surface area contributed by atoms with Crippen molar-refractivity contribution in [2.45, 2.75) is 13.0 Å². The third-order valence-corrected chi connectivity index (χ3v) is 1.23. The molecule has 13 heavy (non-hydrogen) atoms. The van der Waals surface area contributed by atoms with Gasteiger partial charge in [-0.1, -0.05) is 0 Å². The van der Waals surface area contributed by atoms with Crippen LogP contribution in [-0.4, -0.2) is 40.3 Å². The number of nitrogens with two attached hydrogens (primary N) is 1. The molecule has 0 amide bonds. The van der Waals surface area contributed by atoms with Crippen LogP contribution in [0.1, 0.15) is 6.92 Å². The maximum Gasteiger partial charge on any atom is 0.694 e. The summed E-state index contributed by atoms with van der Waals surface area (Å²) < 4.78 is 13.6. The second-order valence-corrected chi connectivity index (χ2v) is 2.52. The number of carboxylic acids is 1. The first-order valence-corrected chi connectivity index (χ1v) is 4.47. The molecule has 5 N–H and O–H groups in total. The van der Waals surface area contributed by atoms with Crippen LogP contribution in [-0.2, 0) is 13.9 Å². The van der Waals surface area contributed by atoms with E-state index in [1.165, 1.54) is 0 Å². The number of carboxylic acid groups (broad SMARTS) is 1. The summed E-state index contributed by atoms with van der Waals surface area (Å²) in [5.74, 6) is -1.18. The lowest BCUT2D eigenvalue weighted by molar-refractivity contribution is -0.139. The lowest BCUT2D eigenvalue weighted by Crippen LogP contribution is -2.33. The predicted octanol–water partition coefficient (Wildman–Crippen LogP) is -0.937. The Kier molecular flexibility index (Phi) is 10.9. The van der Waals surface area contributed by atoms with Crippen LogP contribution in [0, 0.1) is 0 Å². The molecule has 0 saturated heterocycles. The molecule has 0 aromatic carbocycles. The van der Waals surface area contributed by atoms with Crippen LogP contribution in [0.3, 0.4) is 0 Å². The van der Waals surface area contributed by atoms with Crippen molar-refractivity contribution in [1.82, 2.24) is 0 Å². The number of aliphatic hydroxyl groups excluding tert-OH is 1. The predicted molar refractivity (Wildman–Crippen MR) is 44.1 cm³/mol. The van der Waals surface area contributed by atoms with Crippen molar-refractivity contribution >= 4 is 14.2 Å². The fourth-order valence-electron chi connectivity index (χ4n) is 0.189. The smallest absolute Gasteiger partial charge is 0.480 e. The fraction of sp³-hybridized carbons (Fsp3) is 0.800. The van der Waals surface area contributed by atoms with Gasteiger partial charge in [-0.3, -0.25) is 4.79 Å². The van der Waals surface area contributed by atoms with E-state index in [1.54, 1.807) is 6.92 Å². The van der Waals surface area contributed by atoms with E-state index in [4.69, 9.17) is 20.8 Å². The van der Waals surface area contributed by atoms with Crippen molar-refractivity contribution in [3.8, 4) is 0 Å². The zero-order chi connectivity index (χ0) is 10.9. The summed E-state index contributed by atoms with van der Waals surface area (Å²) in [6.07, 6.45) is 0. The van der Waals surface area contributed by atoms with E-state index in [2.05, 4.69) is 4.52 Å². The molecule has 8 heteroatoms. The van der Waals surface area contributed by atoms with E-state index in [-0.39, 0.29) is 0 Å². The first-order chi connectivity index (χ1) is 5.95. The summed E-state index contributed by atoms with van der Waals surface area (Å²) in [7, 11) is -2.35. The van der Waals surface area contributed by atoms with Crippen LogP contribution in [0.5, 0.6) is 0 Å². The van der Waals surface area contributed by atoms with Crippen LogP contribution >= 0.6 is 8.25 Å². The van der Waals surface area contributed by atoms with Crippen molar-refractivity contribution in [1.29, 1.82) is 0 Å². The first kappa shape index (κ1) is 14.9. The Hall–Kier alpha value is -0.590. The highest BCUT2D eigenvalue weighted by atomic mass is 31.1. The minimum absolute atomic E-state index is 0.297. The van der Waals surface area contributed by atoms with Crippen molar-refractivity contribution < 1.29 is 29.0 Å². The molecule has 7 nitrogen and oxygen atoms in total. The van der Waals surface area contributed by atoms with Crippen LogP contribution in [0.4, 0.5) is 0 Å². The molecular weight excluding hydrogens is 201 g/mol. The van der Waals surface area contributed by atoms with Crippen molar-refractivity contribution in [2.24, 2.45) is 5.73 Å². The summed E-state index contributed by atoms with van der Waals surface area (Å²) in [6, 6.07) is -1.13. The molecule has 0 saturated carbocycles. The Morgan fingerprint density at radius 3 is 2.15 bits per heavy atom. The molecule has 0 aliphatic heterocycles. The molecule has 2 unspecified atom stereocenters. The molecule has 0 rings (SSSR count). The summed E-state index contributed by atoms with van der Waals surface area (Å²) in [5, 5.41) is 15.9. The minimum atomic E-state index is -2.35. The highest BCUT2D eigenvalue weighted by Crippen LogP contribution is 2.12. The van der Waals surface area contributed by atoms with Gasteiger partial charge in [0.25, 0.3) is 0 Å². The van der Waals surface area contributed by atoms with Gasteiger partial charge in [-0.2, -0.15) is 0 Å². The highest BCUT2D eigenvalue weighted by molar-refractivity contribution is 7.32. The normalized spacial score (nSPS) is 12.5. The molecule has 0 aliphatic rings. The molecule has 2 atom stereocenters. The fourth-order valence-corrected chi connectivity index (χ4v) is 0.409. The Labute approximate surface area is 76.1 Å². The van der Waals surface area contributed by atoms with E-state index in [0.29, 0.717) is 6.61 Å². The summed E-state index contributed by atoms with van der Waals surface area (Å²) in [6.45, 7) is 1.45. The van der Waals surface area contributed by atoms with Crippen LogP contribution in [0.25, 0.3) is 0 Å². The number of aliphatic hydroxyl groups is 1. The zero-order valence-corrected chi connectivity index (χ0v) is 7.98. The van der Waals surface area contributed by atoms with Crippen molar-refractivity contribution in [3.05, 3.63) is 0 Å². The number of rotatable bonds is 4. The topological polar surface area (TPSA) is 130 Å². The minimum Gasteiger partial charge on any atom is -0.480 e. The van der Waals surface area contributed by atoms with Gasteiger partial charge in [0.15, 0.2) is 0 Å². The Bertz CT molecular complexity index is 163. The Balaban J connectivity index is 0. The second-order valence-electron chi connectivity index (χ2n) is 1.78. The number of aliphatic carboxylic acids is 1. The van der Waals surface area contributed by atoms with Gasteiger partial charge < -0.3 is 15.9 Å². The molecular formula is C5H13NO6P+. The third-order valence-electron chi connectivity index (χ3n) is 0.753. The Morgan fingerprint density at radius 1 is 1.69 bits per heavy atom.